The van der Waals surface area contributed by atoms with Gasteiger partial charge in [0.2, 0.25) is 0 Å². The Morgan fingerprint density at radius 1 is 0.571 bits per heavy atom. The summed E-state index contributed by atoms with van der Waals surface area (Å²) in [4.78, 5) is 24.3. The molecule has 0 bridgehead atoms. The molecule has 0 aliphatic carbocycles. The molecule has 0 saturated heterocycles. The van der Waals surface area contributed by atoms with Gasteiger partial charge in [0.25, 0.3) is 0 Å². The standard InChI is InChI=1S/C24H18O4/c25-23(27-16-14-19-8-3-1-4-9-19)21-12-7-13-22(18-21)24(26)28-17-15-20-10-5-2-6-11-20/h1-18H. The van der Waals surface area contributed by atoms with E-state index in [1.807, 2.05) is 60.7 Å². The van der Waals surface area contributed by atoms with Gasteiger partial charge in [-0.3, -0.25) is 0 Å². The summed E-state index contributed by atoms with van der Waals surface area (Å²) >= 11 is 0. The topological polar surface area (TPSA) is 52.6 Å². The lowest BCUT2D eigenvalue weighted by Gasteiger charge is -2.03. The first-order valence-electron chi connectivity index (χ1n) is 8.67. The highest BCUT2D eigenvalue weighted by atomic mass is 16.5. The van der Waals surface area contributed by atoms with Gasteiger partial charge in [0.15, 0.2) is 0 Å². The molecule has 3 aromatic rings. The fourth-order valence-electron chi connectivity index (χ4n) is 2.39. The Kier molecular flexibility index (Phi) is 6.53. The summed E-state index contributed by atoms with van der Waals surface area (Å²) in [6.07, 6.45) is 6.02. The smallest absolute Gasteiger partial charge is 0.342 e. The van der Waals surface area contributed by atoms with Crippen molar-refractivity contribution < 1.29 is 19.1 Å². The van der Waals surface area contributed by atoms with Crippen LogP contribution >= 0.6 is 0 Å². The maximum atomic E-state index is 12.2. The van der Waals surface area contributed by atoms with Crippen LogP contribution in [0.1, 0.15) is 31.8 Å². The largest absolute Gasteiger partial charge is 0.431 e. The van der Waals surface area contributed by atoms with Gasteiger partial charge in [0, 0.05) is 0 Å². The van der Waals surface area contributed by atoms with E-state index in [9.17, 15) is 9.59 Å². The van der Waals surface area contributed by atoms with Crippen LogP contribution in [0.25, 0.3) is 12.2 Å². The summed E-state index contributed by atoms with van der Waals surface area (Å²) in [5.41, 5.74) is 2.36. The molecule has 0 aliphatic rings. The van der Waals surface area contributed by atoms with Gasteiger partial charge < -0.3 is 9.47 Å². The average Bonchev–Trinajstić information content (AvgIpc) is 2.75. The summed E-state index contributed by atoms with van der Waals surface area (Å²) in [5.74, 6) is -1.11. The van der Waals surface area contributed by atoms with Crippen LogP contribution in [0, 0.1) is 0 Å². The van der Waals surface area contributed by atoms with Crippen molar-refractivity contribution in [1.29, 1.82) is 0 Å². The molecule has 0 aliphatic heterocycles. The van der Waals surface area contributed by atoms with Crippen LogP contribution in [0.5, 0.6) is 0 Å². The predicted octanol–water partition coefficient (Wildman–Crippen LogP) is 5.34. The van der Waals surface area contributed by atoms with Crippen molar-refractivity contribution in [3.8, 4) is 0 Å². The molecule has 28 heavy (non-hydrogen) atoms. The minimum atomic E-state index is -0.554. The van der Waals surface area contributed by atoms with Gasteiger partial charge in [-0.1, -0.05) is 66.7 Å². The molecule has 3 aromatic carbocycles. The monoisotopic (exact) mass is 370 g/mol. The zero-order valence-corrected chi connectivity index (χ0v) is 15.0. The number of hydrogen-bond donors (Lipinski definition) is 0. The third kappa shape index (κ3) is 5.54. The van der Waals surface area contributed by atoms with Crippen molar-refractivity contribution in [2.45, 2.75) is 0 Å². The molecule has 0 saturated carbocycles. The Bertz CT molecular complexity index is 911. The van der Waals surface area contributed by atoms with Gasteiger partial charge in [0.05, 0.1) is 23.7 Å². The second-order valence-corrected chi connectivity index (χ2v) is 5.82. The molecule has 0 N–H and O–H groups in total. The number of carbonyl (C=O) groups excluding carboxylic acids is 2. The van der Waals surface area contributed by atoms with E-state index in [1.54, 1.807) is 30.4 Å². The molecular formula is C24H18O4. The molecule has 0 unspecified atom stereocenters. The summed E-state index contributed by atoms with van der Waals surface area (Å²) in [6.45, 7) is 0. The second kappa shape index (κ2) is 9.69. The number of hydrogen-bond acceptors (Lipinski definition) is 4. The number of esters is 2. The molecule has 0 atom stereocenters. The first-order valence-corrected chi connectivity index (χ1v) is 8.67. The van der Waals surface area contributed by atoms with Crippen molar-refractivity contribution in [2.24, 2.45) is 0 Å². The van der Waals surface area contributed by atoms with Crippen LogP contribution in [-0.4, -0.2) is 11.9 Å². The van der Waals surface area contributed by atoms with Crippen molar-refractivity contribution in [2.75, 3.05) is 0 Å². The fraction of sp³-hybridized carbons (Fsp3) is 0. The molecule has 138 valence electrons. The lowest BCUT2D eigenvalue weighted by molar-refractivity contribution is 0.0665. The lowest BCUT2D eigenvalue weighted by atomic mass is 10.1. The zero-order chi connectivity index (χ0) is 19.6. The second-order valence-electron chi connectivity index (χ2n) is 5.82. The van der Waals surface area contributed by atoms with Crippen LogP contribution in [0.15, 0.2) is 97.5 Å². The van der Waals surface area contributed by atoms with Gasteiger partial charge in [-0.2, -0.15) is 0 Å². The molecule has 0 heterocycles. The highest BCUT2D eigenvalue weighted by Crippen LogP contribution is 2.10. The third-order valence-corrected chi connectivity index (χ3v) is 3.80. The summed E-state index contributed by atoms with van der Waals surface area (Å²) in [7, 11) is 0. The molecule has 4 nitrogen and oxygen atoms in total. The highest BCUT2D eigenvalue weighted by molar-refractivity contribution is 5.95. The van der Waals surface area contributed by atoms with E-state index in [2.05, 4.69) is 0 Å². The van der Waals surface area contributed by atoms with E-state index in [-0.39, 0.29) is 11.1 Å². The first kappa shape index (κ1) is 18.9. The van der Waals surface area contributed by atoms with Gasteiger partial charge in [-0.05, 0) is 41.5 Å². The highest BCUT2D eigenvalue weighted by Gasteiger charge is 2.11. The Morgan fingerprint density at radius 2 is 1.00 bits per heavy atom. The molecule has 0 amide bonds. The predicted molar refractivity (Wildman–Crippen MR) is 108 cm³/mol. The van der Waals surface area contributed by atoms with Gasteiger partial charge in [-0.25, -0.2) is 9.59 Å². The van der Waals surface area contributed by atoms with Gasteiger partial charge in [-0.15, -0.1) is 0 Å². The van der Waals surface area contributed by atoms with E-state index in [0.717, 1.165) is 11.1 Å². The maximum absolute atomic E-state index is 12.2. The Balaban J connectivity index is 1.59. The molecule has 0 spiro atoms. The van der Waals surface area contributed by atoms with Crippen molar-refractivity contribution in [3.05, 3.63) is 120 Å². The maximum Gasteiger partial charge on any atom is 0.342 e. The molecular weight excluding hydrogens is 352 g/mol. The average molecular weight is 370 g/mol. The number of rotatable bonds is 6. The van der Waals surface area contributed by atoms with Crippen LogP contribution in [0.3, 0.4) is 0 Å². The van der Waals surface area contributed by atoms with Gasteiger partial charge in [0.1, 0.15) is 0 Å². The third-order valence-electron chi connectivity index (χ3n) is 3.80. The van der Waals surface area contributed by atoms with E-state index >= 15 is 0 Å². The van der Waals surface area contributed by atoms with E-state index in [0.29, 0.717) is 0 Å². The molecule has 0 aromatic heterocycles. The number of ether oxygens (including phenoxy) is 2. The van der Waals surface area contributed by atoms with Crippen LogP contribution in [-0.2, 0) is 9.47 Å². The van der Waals surface area contributed by atoms with Crippen LogP contribution in [0.2, 0.25) is 0 Å². The Morgan fingerprint density at radius 3 is 1.43 bits per heavy atom. The Labute approximate surface area is 163 Å². The molecule has 3 rings (SSSR count). The quantitative estimate of drug-likeness (QED) is 0.434. The van der Waals surface area contributed by atoms with Crippen molar-refractivity contribution in [3.63, 3.8) is 0 Å². The summed E-state index contributed by atoms with van der Waals surface area (Å²) in [6, 6.07) is 25.2. The van der Waals surface area contributed by atoms with Crippen molar-refractivity contribution >= 4 is 24.1 Å². The molecule has 4 heteroatoms. The number of benzene rings is 3. The van der Waals surface area contributed by atoms with Crippen molar-refractivity contribution in [1.82, 2.24) is 0 Å². The molecule has 0 radical (unpaired) electrons. The molecule has 0 fully saturated rings. The van der Waals surface area contributed by atoms with E-state index < -0.39 is 11.9 Å². The summed E-state index contributed by atoms with van der Waals surface area (Å²) in [5, 5.41) is 0. The first-order chi connectivity index (χ1) is 13.7. The van der Waals surface area contributed by atoms with Crippen LogP contribution in [0.4, 0.5) is 0 Å². The van der Waals surface area contributed by atoms with E-state index in [4.69, 9.17) is 9.47 Å². The van der Waals surface area contributed by atoms with Gasteiger partial charge >= 0.3 is 11.9 Å². The minimum Gasteiger partial charge on any atom is -0.431 e. The zero-order valence-electron chi connectivity index (χ0n) is 15.0. The lowest BCUT2D eigenvalue weighted by Crippen LogP contribution is -2.05. The minimum absolute atomic E-state index is 0.263. The SMILES string of the molecule is O=C(OC=Cc1ccccc1)c1cccc(C(=O)OC=Cc2ccccc2)c1. The van der Waals surface area contributed by atoms with E-state index in [1.165, 1.54) is 18.6 Å². The number of carbonyl (C=O) groups is 2. The van der Waals surface area contributed by atoms with Crippen LogP contribution < -0.4 is 0 Å². The summed E-state index contributed by atoms with van der Waals surface area (Å²) < 4.78 is 10.2. The Hall–Kier alpha value is -3.92. The normalized spacial score (nSPS) is 10.9. The fourth-order valence-corrected chi connectivity index (χ4v) is 2.39.